The number of aliphatic hydroxyl groups excluding tert-OH is 1. The van der Waals surface area contributed by atoms with Gasteiger partial charge in [-0.2, -0.15) is 0 Å². The van der Waals surface area contributed by atoms with E-state index in [1.54, 1.807) is 13.0 Å². The SMILES string of the molecule is C[C@H](NP(=S)(OC[C@H]1O[C@@H](N/C=C\C(N)=O)[C@](C)(O)[C@@H]1O)Oc1cccc2ccccc12)C(=O)OCC(C)(C)C. The summed E-state index contributed by atoms with van der Waals surface area (Å²) < 4.78 is 23.5. The van der Waals surface area contributed by atoms with Crippen molar-refractivity contribution in [2.45, 2.75) is 64.7 Å². The first-order valence-electron chi connectivity index (χ1n) is 12.8. The highest BCUT2D eigenvalue weighted by Crippen LogP contribution is 2.48. The Morgan fingerprint density at radius 1 is 1.25 bits per heavy atom. The normalized spacial score (nSPS) is 25.4. The van der Waals surface area contributed by atoms with Gasteiger partial charge in [0.1, 0.15) is 29.6 Å². The van der Waals surface area contributed by atoms with Gasteiger partial charge in [0.25, 0.3) is 0 Å². The van der Waals surface area contributed by atoms with Crippen LogP contribution in [-0.4, -0.2) is 65.4 Å². The Balaban J connectivity index is 1.81. The fourth-order valence-electron chi connectivity index (χ4n) is 3.84. The van der Waals surface area contributed by atoms with Gasteiger partial charge in [0.15, 0.2) is 6.23 Å². The Hall–Kier alpha value is -2.57. The molecule has 6 N–H and O–H groups in total. The molecule has 1 saturated heterocycles. The highest BCUT2D eigenvalue weighted by Gasteiger charge is 2.52. The molecule has 1 heterocycles. The molecular formula is C27H38N3O8PS. The summed E-state index contributed by atoms with van der Waals surface area (Å²) in [6, 6.07) is 12.2. The van der Waals surface area contributed by atoms with Crippen molar-refractivity contribution in [3.63, 3.8) is 0 Å². The molecule has 13 heteroatoms. The van der Waals surface area contributed by atoms with E-state index in [1.807, 2.05) is 57.2 Å². The van der Waals surface area contributed by atoms with Crippen LogP contribution in [-0.2, 0) is 35.4 Å². The van der Waals surface area contributed by atoms with Crippen LogP contribution in [0.4, 0.5) is 0 Å². The van der Waals surface area contributed by atoms with Crippen molar-refractivity contribution in [2.75, 3.05) is 13.2 Å². The van der Waals surface area contributed by atoms with Crippen LogP contribution < -0.4 is 20.7 Å². The Kier molecular flexibility index (Phi) is 10.3. The third-order valence-electron chi connectivity index (χ3n) is 6.02. The lowest BCUT2D eigenvalue weighted by Crippen LogP contribution is -2.50. The molecule has 11 nitrogen and oxygen atoms in total. The molecule has 0 radical (unpaired) electrons. The number of fused-ring (bicyclic) bond motifs is 1. The summed E-state index contributed by atoms with van der Waals surface area (Å²) in [6.07, 6.45) is -1.22. The predicted molar refractivity (Wildman–Crippen MR) is 155 cm³/mol. The summed E-state index contributed by atoms with van der Waals surface area (Å²) in [5.41, 5.74) is 3.12. The van der Waals surface area contributed by atoms with Crippen LogP contribution in [0.1, 0.15) is 34.6 Å². The van der Waals surface area contributed by atoms with Gasteiger partial charge >= 0.3 is 12.6 Å². The first-order chi connectivity index (χ1) is 18.6. The van der Waals surface area contributed by atoms with Gasteiger partial charge in [0.05, 0.1) is 13.2 Å². The summed E-state index contributed by atoms with van der Waals surface area (Å²) in [5.74, 6) is -0.780. The quantitative estimate of drug-likeness (QED) is 0.139. The molecule has 0 spiro atoms. The van der Waals surface area contributed by atoms with E-state index in [0.29, 0.717) is 5.75 Å². The zero-order valence-electron chi connectivity index (χ0n) is 23.2. The standard InChI is InChI=1S/C27H38N3O8PS/c1-17(24(33)35-16-26(2,3)4)30-39(40,38-20-12-8-10-18-9-6-7-11-19(18)20)36-15-21-23(32)27(5,34)25(37-21)29-14-13-22(28)31/h6-14,17,21,23,25,29,32,34H,15-16H2,1-5H3,(H2,28,31)(H,30,40)/b14-13-/t17-,21+,23+,25+,27+,39?/m0/s1. The lowest BCUT2D eigenvalue weighted by Gasteiger charge is -2.29. The predicted octanol–water partition coefficient (Wildman–Crippen LogP) is 2.45. The van der Waals surface area contributed by atoms with E-state index in [4.69, 9.17) is 36.1 Å². The monoisotopic (exact) mass is 595 g/mol. The minimum atomic E-state index is -3.48. The van der Waals surface area contributed by atoms with E-state index in [0.717, 1.165) is 16.8 Å². The van der Waals surface area contributed by atoms with Crippen molar-refractivity contribution in [1.82, 2.24) is 10.4 Å². The van der Waals surface area contributed by atoms with E-state index in [-0.39, 0.29) is 18.6 Å². The van der Waals surface area contributed by atoms with Crippen LogP contribution >= 0.6 is 6.64 Å². The van der Waals surface area contributed by atoms with E-state index in [2.05, 4.69) is 10.4 Å². The van der Waals surface area contributed by atoms with Crippen LogP contribution in [0.3, 0.4) is 0 Å². The summed E-state index contributed by atoms with van der Waals surface area (Å²) >= 11 is 5.83. The minimum absolute atomic E-state index is 0.210. The number of rotatable bonds is 12. The third kappa shape index (κ3) is 8.47. The molecule has 2 aromatic rings. The smallest absolute Gasteiger partial charge is 0.323 e. The number of nitrogens with two attached hydrogens (primary N) is 1. The molecule has 0 aromatic heterocycles. The van der Waals surface area contributed by atoms with Gasteiger partial charge in [-0.3, -0.25) is 9.59 Å². The molecule has 220 valence electrons. The van der Waals surface area contributed by atoms with Gasteiger partial charge in [-0.1, -0.05) is 57.2 Å². The number of hydrogen-bond donors (Lipinski definition) is 5. The molecule has 3 rings (SSSR count). The first-order valence-corrected chi connectivity index (χ1v) is 15.4. The fourth-order valence-corrected chi connectivity index (χ4v) is 6.26. The van der Waals surface area contributed by atoms with Crippen LogP contribution in [0, 0.1) is 5.41 Å². The summed E-state index contributed by atoms with van der Waals surface area (Å²) in [7, 11) is 0. The number of amides is 1. The van der Waals surface area contributed by atoms with Crippen LogP contribution in [0.15, 0.2) is 54.7 Å². The zero-order valence-corrected chi connectivity index (χ0v) is 24.9. The van der Waals surface area contributed by atoms with Crippen LogP contribution in [0.2, 0.25) is 0 Å². The number of hydrogen-bond acceptors (Lipinski definition) is 10. The van der Waals surface area contributed by atoms with E-state index in [9.17, 15) is 19.8 Å². The highest BCUT2D eigenvalue weighted by atomic mass is 32.5. The molecule has 1 amide bonds. The zero-order chi connectivity index (χ0) is 29.7. The first kappa shape index (κ1) is 32.0. The number of primary amides is 1. The maximum atomic E-state index is 12.8. The Bertz CT molecular complexity index is 1280. The number of benzene rings is 2. The van der Waals surface area contributed by atoms with Crippen molar-refractivity contribution in [3.05, 3.63) is 54.7 Å². The van der Waals surface area contributed by atoms with Gasteiger partial charge in [-0.25, -0.2) is 5.09 Å². The lowest BCUT2D eigenvalue weighted by molar-refractivity contribution is -0.148. The Morgan fingerprint density at radius 2 is 1.93 bits per heavy atom. The number of aliphatic hydroxyl groups is 2. The Morgan fingerprint density at radius 3 is 2.60 bits per heavy atom. The molecule has 1 fully saturated rings. The topological polar surface area (TPSA) is 162 Å². The summed E-state index contributed by atoms with van der Waals surface area (Å²) in [5, 5.41) is 29.0. The van der Waals surface area contributed by atoms with Crippen molar-refractivity contribution in [1.29, 1.82) is 0 Å². The number of carbonyl (C=O) groups excluding carboxylic acids is 2. The number of nitrogens with one attached hydrogen (secondary N) is 2. The van der Waals surface area contributed by atoms with Gasteiger partial charge in [0, 0.05) is 17.7 Å². The van der Waals surface area contributed by atoms with Gasteiger partial charge in [0.2, 0.25) is 5.91 Å². The molecule has 0 bridgehead atoms. The molecule has 1 aliphatic rings. The third-order valence-corrected chi connectivity index (χ3v) is 8.50. The van der Waals surface area contributed by atoms with Crippen molar-refractivity contribution < 1.29 is 38.3 Å². The van der Waals surface area contributed by atoms with E-state index >= 15 is 0 Å². The van der Waals surface area contributed by atoms with Gasteiger partial charge in [-0.15, -0.1) is 0 Å². The fraction of sp³-hybridized carbons (Fsp3) is 0.481. The van der Waals surface area contributed by atoms with Crippen molar-refractivity contribution in [3.8, 4) is 5.75 Å². The largest absolute Gasteiger partial charge is 0.464 e. The summed E-state index contributed by atoms with van der Waals surface area (Å²) in [4.78, 5) is 23.7. The summed E-state index contributed by atoms with van der Waals surface area (Å²) in [6.45, 7) is 5.26. The number of ether oxygens (including phenoxy) is 2. The van der Waals surface area contributed by atoms with Crippen molar-refractivity contribution >= 4 is 41.1 Å². The van der Waals surface area contributed by atoms with Crippen LogP contribution in [0.5, 0.6) is 5.75 Å². The second kappa shape index (κ2) is 12.9. The lowest BCUT2D eigenvalue weighted by atomic mass is 9.97. The molecule has 1 aliphatic heterocycles. The van der Waals surface area contributed by atoms with Crippen LogP contribution in [0.25, 0.3) is 10.8 Å². The van der Waals surface area contributed by atoms with E-state index < -0.39 is 48.6 Å². The molecular weight excluding hydrogens is 557 g/mol. The van der Waals surface area contributed by atoms with Gasteiger partial charge in [-0.05, 0) is 42.5 Å². The average Bonchev–Trinajstić information content (AvgIpc) is 3.08. The molecule has 0 aliphatic carbocycles. The number of esters is 1. The highest BCUT2D eigenvalue weighted by molar-refractivity contribution is 8.09. The maximum Gasteiger partial charge on any atom is 0.323 e. The molecule has 2 aromatic carbocycles. The van der Waals surface area contributed by atoms with Crippen molar-refractivity contribution in [2.24, 2.45) is 11.1 Å². The Labute approximate surface area is 239 Å². The van der Waals surface area contributed by atoms with Gasteiger partial charge < -0.3 is 39.8 Å². The maximum absolute atomic E-state index is 12.8. The minimum Gasteiger partial charge on any atom is -0.464 e. The molecule has 40 heavy (non-hydrogen) atoms. The molecule has 1 unspecified atom stereocenters. The second-order valence-electron chi connectivity index (χ2n) is 11.0. The van der Waals surface area contributed by atoms with E-state index in [1.165, 1.54) is 13.1 Å². The average molecular weight is 596 g/mol. The second-order valence-corrected chi connectivity index (χ2v) is 14.1. The molecule has 6 atom stereocenters. The molecule has 0 saturated carbocycles. The number of carbonyl (C=O) groups is 2.